The molecule has 0 aromatic heterocycles. The standard InChI is InChI=1S/C34H36O3.C13H18O.C10H6O5.C2H6.CO2/c1-20-15-33(3,4)17-23-11-30-28(13-26(20)23)32(25-10-8-7-9-22(25)19-36-35)29-14-27-21(2)16-34(5,6)18-24(27)12-31(29)37-30;1-9-7-13(2,3)8-10-6-11(14)4-5-12(9)10;1-14-8(11)5-2-3-6-7(4-5)10(13)15-9(6)12;1-2;2-1-3/h7-14,17,19-21H,15-16,18H2,1-6H3;4-6,9,14H,7-8H2,1-3H3;2-4H,1H3;1-2H3;/q-2;;;;/p+1. The normalized spacial score (nSPS) is 21.0. The first-order valence-electron chi connectivity index (χ1n) is 24.4. The number of esters is 3. The second-order valence-electron chi connectivity index (χ2n) is 21.4. The van der Waals surface area contributed by atoms with Gasteiger partial charge in [0.05, 0.1) is 23.8 Å². The lowest BCUT2D eigenvalue weighted by Gasteiger charge is -2.48. The van der Waals surface area contributed by atoms with Crippen LogP contribution >= 0.6 is 0 Å². The third kappa shape index (κ3) is 11.8. The Balaban J connectivity index is 0.000000198. The van der Waals surface area contributed by atoms with Crippen molar-refractivity contribution in [1.29, 1.82) is 0 Å². The van der Waals surface area contributed by atoms with Crippen molar-refractivity contribution in [2.24, 2.45) is 22.2 Å². The van der Waals surface area contributed by atoms with Gasteiger partial charge in [-0.25, -0.2) is 14.4 Å². The van der Waals surface area contributed by atoms with Crippen molar-refractivity contribution in [3.63, 3.8) is 0 Å². The molecule has 374 valence electrons. The molecule has 4 aromatic carbocycles. The molecule has 0 radical (unpaired) electrons. The summed E-state index contributed by atoms with van der Waals surface area (Å²) in [7, 11) is 1.24. The van der Waals surface area contributed by atoms with Crippen molar-refractivity contribution in [3.05, 3.63) is 175 Å². The van der Waals surface area contributed by atoms with Crippen LogP contribution < -0.4 is 5.26 Å². The van der Waals surface area contributed by atoms with E-state index in [1.54, 1.807) is 6.07 Å². The van der Waals surface area contributed by atoms with Gasteiger partial charge in [-0.1, -0.05) is 159 Å². The van der Waals surface area contributed by atoms with Gasteiger partial charge in [0.1, 0.15) is 11.5 Å². The number of carbonyl (C=O) groups excluding carboxylic acids is 6. The zero-order valence-corrected chi connectivity index (χ0v) is 43.1. The SMILES string of the molecule is CC.CC1CC(C)(C)Cc2cc(O)ccc21.CC1CC(C)(C)Cc2cc3c(cc21)[C-](c1ccccc1C=[O+][O-])C1=C[C-]2C(=CC(C)(C)CC2C)C=C1[OH+]3.COC(=O)c1ccc2c(c1)C(=O)OC2=O.O=C=O. The van der Waals surface area contributed by atoms with Crippen molar-refractivity contribution in [3.8, 4) is 11.5 Å². The molecule has 10 rings (SSSR count). The van der Waals surface area contributed by atoms with E-state index in [0.717, 1.165) is 59.0 Å². The number of rotatable bonds is 3. The third-order valence-corrected chi connectivity index (χ3v) is 13.9. The molecule has 0 saturated heterocycles. The smallest absolute Gasteiger partial charge is 0.373 e. The summed E-state index contributed by atoms with van der Waals surface area (Å²) in [6.07, 6.45) is 14.3. The van der Waals surface area contributed by atoms with E-state index in [1.807, 2.05) is 38.1 Å². The number of phenolic OH excluding ortho intramolecular Hbond substituents is 1. The van der Waals surface area contributed by atoms with E-state index in [0.29, 0.717) is 28.9 Å². The summed E-state index contributed by atoms with van der Waals surface area (Å²) in [5.74, 6) is 4.52. The fraction of sp³-hybridized carbons (Fsp3) is 0.383. The van der Waals surface area contributed by atoms with E-state index in [9.17, 15) is 24.7 Å². The average Bonchev–Trinajstić information content (AvgIpc) is 3.58. The predicted octanol–water partition coefficient (Wildman–Crippen LogP) is 11.7. The first kappa shape index (κ1) is 53.3. The van der Waals surface area contributed by atoms with Crippen LogP contribution in [0.15, 0.2) is 108 Å². The molecule has 6 aliphatic rings. The zero-order chi connectivity index (χ0) is 52.2. The molecule has 2 aliphatic heterocycles. The first-order chi connectivity index (χ1) is 33.6. The number of cyclic esters (lactones) is 2. The first-order valence-corrected chi connectivity index (χ1v) is 24.4. The predicted molar refractivity (Wildman–Crippen MR) is 269 cm³/mol. The van der Waals surface area contributed by atoms with Gasteiger partial charge in [-0.15, -0.1) is 0 Å². The van der Waals surface area contributed by atoms with Crippen LogP contribution in [0.1, 0.15) is 182 Å². The lowest BCUT2D eigenvalue weighted by Crippen LogP contribution is -2.29. The number of aromatic hydroxyl groups is 2. The topological polar surface area (TPSA) is 171 Å². The van der Waals surface area contributed by atoms with Gasteiger partial charge in [-0.05, 0) is 101 Å². The Labute approximate surface area is 418 Å². The van der Waals surface area contributed by atoms with E-state index < -0.39 is 17.9 Å². The minimum absolute atomic E-state index is 0.0999. The Morgan fingerprint density at radius 1 is 0.831 bits per heavy atom. The second-order valence-corrected chi connectivity index (χ2v) is 21.4. The maximum atomic E-state index is 11.2. The lowest BCUT2D eigenvalue weighted by atomic mass is 9.65. The van der Waals surface area contributed by atoms with Gasteiger partial charge >= 0.3 is 30.3 Å². The van der Waals surface area contributed by atoms with Crippen molar-refractivity contribution < 1.29 is 53.1 Å². The molecule has 4 aliphatic carbocycles. The molecule has 11 heteroatoms. The quantitative estimate of drug-likeness (QED) is 0.0399. The summed E-state index contributed by atoms with van der Waals surface area (Å²) >= 11 is 0. The Hall–Kier alpha value is -7.10. The summed E-state index contributed by atoms with van der Waals surface area (Å²) in [5, 5.41) is 20.7. The van der Waals surface area contributed by atoms with Gasteiger partial charge in [0.2, 0.25) is 5.75 Å². The van der Waals surface area contributed by atoms with Crippen LogP contribution in [-0.4, -0.2) is 47.3 Å². The molecule has 11 nitrogen and oxygen atoms in total. The maximum Gasteiger partial charge on any atom is 0.373 e. The molecular weight excluding hydrogens is 897 g/mol. The van der Waals surface area contributed by atoms with Crippen LogP contribution in [0.5, 0.6) is 11.5 Å². The van der Waals surface area contributed by atoms with Gasteiger partial charge < -0.3 is 24.6 Å². The fourth-order valence-electron chi connectivity index (χ4n) is 11.5. The van der Waals surface area contributed by atoms with Crippen LogP contribution in [-0.2, 0) is 31.9 Å². The lowest BCUT2D eigenvalue weighted by molar-refractivity contribution is -0.935. The summed E-state index contributed by atoms with van der Waals surface area (Å²) in [4.78, 5) is 49.6. The summed E-state index contributed by atoms with van der Waals surface area (Å²) in [6, 6.07) is 22.6. The number of fused-ring (bicyclic) bond motifs is 6. The van der Waals surface area contributed by atoms with Gasteiger partial charge in [0.25, 0.3) is 0 Å². The highest BCUT2D eigenvalue weighted by atomic mass is 17.1. The highest BCUT2D eigenvalue weighted by molar-refractivity contribution is 6.15. The molecule has 3 atom stereocenters. The number of benzene rings is 4. The highest BCUT2D eigenvalue weighted by Crippen LogP contribution is 2.55. The number of phenols is 1. The van der Waals surface area contributed by atoms with E-state index in [-0.39, 0.29) is 33.7 Å². The molecule has 0 bridgehead atoms. The fourth-order valence-corrected chi connectivity index (χ4v) is 11.5. The third-order valence-electron chi connectivity index (χ3n) is 13.9. The Kier molecular flexibility index (Phi) is 16.1. The van der Waals surface area contributed by atoms with Crippen molar-refractivity contribution in [1.82, 2.24) is 0 Å². The van der Waals surface area contributed by atoms with Gasteiger partial charge in [0, 0.05) is 11.6 Å². The summed E-state index contributed by atoms with van der Waals surface area (Å²) in [6.45, 7) is 24.9. The Bertz CT molecular complexity index is 2850. The highest BCUT2D eigenvalue weighted by Gasteiger charge is 2.37. The molecular formula is C60H67O11-. The molecule has 0 saturated carbocycles. The van der Waals surface area contributed by atoms with Gasteiger partial charge in [-0.3, -0.25) is 0 Å². The molecule has 0 spiro atoms. The van der Waals surface area contributed by atoms with Crippen LogP contribution in [0.25, 0.3) is 0 Å². The molecule has 2 heterocycles. The van der Waals surface area contributed by atoms with Crippen molar-refractivity contribution in [2.45, 2.75) is 120 Å². The number of hydrogen-bond acceptors (Lipinski definition) is 9. The second kappa shape index (κ2) is 21.5. The van der Waals surface area contributed by atoms with E-state index in [1.165, 1.54) is 78.2 Å². The van der Waals surface area contributed by atoms with Crippen LogP contribution in [0.4, 0.5) is 0 Å². The molecule has 4 aromatic rings. The van der Waals surface area contributed by atoms with Crippen molar-refractivity contribution >= 4 is 30.3 Å². The van der Waals surface area contributed by atoms with Crippen LogP contribution in [0, 0.1) is 34.0 Å². The number of aldehydes is 1. The number of hydrogen-bond donors (Lipinski definition) is 1. The monoisotopic (exact) mass is 963 g/mol. The van der Waals surface area contributed by atoms with Crippen molar-refractivity contribution in [2.75, 3.05) is 7.11 Å². The summed E-state index contributed by atoms with van der Waals surface area (Å²) < 4.78 is 18.4. The number of aliphatic hydroxyl groups is 1. The molecule has 0 fully saturated rings. The molecule has 2 N–H and O–H groups in total. The minimum Gasteiger partial charge on any atom is -0.604 e. The molecule has 0 amide bonds. The number of carbonyl (C=O) groups is 3. The van der Waals surface area contributed by atoms with Gasteiger partial charge in [-0.2, -0.15) is 37.8 Å². The van der Waals surface area contributed by atoms with Crippen LogP contribution in [0.2, 0.25) is 0 Å². The van der Waals surface area contributed by atoms with Gasteiger partial charge in [0.15, 0.2) is 0 Å². The number of methoxy groups -OCH3 is 1. The largest absolute Gasteiger partial charge is 0.604 e. The maximum absolute atomic E-state index is 11.2. The minimum atomic E-state index is -0.735. The Morgan fingerprint density at radius 2 is 1.45 bits per heavy atom. The number of ether oxygens (including phenoxy) is 3. The molecule has 3 unspecified atom stereocenters. The summed E-state index contributed by atoms with van der Waals surface area (Å²) in [5.41, 5.74) is 12.3. The zero-order valence-electron chi connectivity index (χ0n) is 43.1. The van der Waals surface area contributed by atoms with Crippen LogP contribution in [0.3, 0.4) is 0 Å². The van der Waals surface area contributed by atoms with E-state index in [4.69, 9.17) is 14.3 Å². The average molecular weight is 964 g/mol. The Morgan fingerprint density at radius 3 is 2.10 bits per heavy atom. The molecule has 71 heavy (non-hydrogen) atoms. The number of allylic oxidation sites excluding steroid dienone is 5. The van der Waals surface area contributed by atoms with E-state index >= 15 is 0 Å². The van der Waals surface area contributed by atoms with E-state index in [2.05, 4.69) is 119 Å².